The van der Waals surface area contributed by atoms with Gasteiger partial charge < -0.3 is 40.1 Å². The number of hydrogen-bond acceptors (Lipinski definition) is 9. The highest BCUT2D eigenvalue weighted by molar-refractivity contribution is 5.99. The molecule has 9 nitrogen and oxygen atoms in total. The van der Waals surface area contributed by atoms with E-state index in [2.05, 4.69) is 0 Å². The van der Waals surface area contributed by atoms with Crippen LogP contribution in [0.4, 0.5) is 0 Å². The topological polar surface area (TPSA) is 157 Å². The predicted molar refractivity (Wildman–Crippen MR) is 73.8 cm³/mol. The minimum atomic E-state index is -1.62. The molecule has 1 saturated heterocycles. The molecule has 0 unspecified atom stereocenters. The van der Waals surface area contributed by atoms with Gasteiger partial charge in [-0.05, 0) is 12.1 Å². The normalized spacial score (nSPS) is 31.0. The summed E-state index contributed by atoms with van der Waals surface area (Å²) in [6.45, 7) is -1.21. The average Bonchev–Trinajstić information content (AvgIpc) is 2.51. The minimum absolute atomic E-state index is 0.104. The van der Waals surface area contributed by atoms with Crippen LogP contribution in [0.2, 0.25) is 0 Å². The molecular formula is C14H18O9. The zero-order chi connectivity index (χ0) is 17.1. The van der Waals surface area contributed by atoms with Crippen molar-refractivity contribution in [2.24, 2.45) is 0 Å². The summed E-state index contributed by atoms with van der Waals surface area (Å²) in [6, 6.07) is 3.39. The second kappa shape index (κ2) is 7.21. The largest absolute Gasteiger partial charge is 0.508 e. The van der Waals surface area contributed by atoms with Gasteiger partial charge >= 0.3 is 0 Å². The number of carbonyl (C=O) groups is 1. The number of rotatable bonds is 5. The second-order valence-electron chi connectivity index (χ2n) is 5.13. The number of aliphatic hydroxyl groups excluding tert-OH is 4. The number of carbonyl (C=O) groups excluding carboxylic acids is 1. The van der Waals surface area contributed by atoms with Crippen LogP contribution >= 0.6 is 0 Å². The monoisotopic (exact) mass is 330 g/mol. The van der Waals surface area contributed by atoms with Crippen LogP contribution < -0.4 is 0 Å². The van der Waals surface area contributed by atoms with E-state index in [1.54, 1.807) is 0 Å². The Bertz CT molecular complexity index is 559. The van der Waals surface area contributed by atoms with Crippen molar-refractivity contribution in [2.45, 2.75) is 30.7 Å². The smallest absolute Gasteiger partial charge is 0.192 e. The van der Waals surface area contributed by atoms with E-state index in [1.165, 1.54) is 12.1 Å². The molecule has 5 atom stereocenters. The highest BCUT2D eigenvalue weighted by Gasteiger charge is 2.44. The van der Waals surface area contributed by atoms with Crippen molar-refractivity contribution in [3.63, 3.8) is 0 Å². The lowest BCUT2D eigenvalue weighted by Crippen LogP contribution is -2.59. The maximum Gasteiger partial charge on any atom is 0.192 e. The van der Waals surface area contributed by atoms with Crippen LogP contribution in [-0.2, 0) is 9.47 Å². The van der Waals surface area contributed by atoms with Gasteiger partial charge in [0.25, 0.3) is 0 Å². The van der Waals surface area contributed by atoms with E-state index >= 15 is 0 Å². The minimum Gasteiger partial charge on any atom is -0.508 e. The fraction of sp³-hybridized carbons (Fsp3) is 0.500. The van der Waals surface area contributed by atoms with E-state index in [0.29, 0.717) is 0 Å². The van der Waals surface area contributed by atoms with Crippen LogP contribution in [0, 0.1) is 0 Å². The van der Waals surface area contributed by atoms with Crippen molar-refractivity contribution in [3.8, 4) is 11.5 Å². The van der Waals surface area contributed by atoms with Crippen molar-refractivity contribution < 1.29 is 44.9 Å². The van der Waals surface area contributed by atoms with Crippen LogP contribution in [0.15, 0.2) is 18.2 Å². The van der Waals surface area contributed by atoms with E-state index in [-0.39, 0.29) is 11.3 Å². The maximum atomic E-state index is 12.0. The molecule has 0 amide bonds. The molecule has 0 bridgehead atoms. The van der Waals surface area contributed by atoms with Crippen molar-refractivity contribution in [1.29, 1.82) is 0 Å². The average molecular weight is 330 g/mol. The van der Waals surface area contributed by atoms with Gasteiger partial charge in [0.2, 0.25) is 0 Å². The Morgan fingerprint density at radius 2 is 1.83 bits per heavy atom. The molecule has 1 fully saturated rings. The molecule has 2 rings (SSSR count). The van der Waals surface area contributed by atoms with Gasteiger partial charge in [-0.25, -0.2) is 0 Å². The third-order valence-corrected chi connectivity index (χ3v) is 3.51. The molecule has 1 aromatic rings. The van der Waals surface area contributed by atoms with E-state index in [1.807, 2.05) is 0 Å². The molecule has 6 N–H and O–H groups in total. The lowest BCUT2D eigenvalue weighted by molar-refractivity contribution is -0.298. The summed E-state index contributed by atoms with van der Waals surface area (Å²) in [5, 5.41) is 56.8. The number of hydrogen-bond donors (Lipinski definition) is 6. The zero-order valence-electron chi connectivity index (χ0n) is 11.9. The number of Topliss-reactive ketones (excluding diaryl/α,β-unsaturated/α-hetero) is 1. The van der Waals surface area contributed by atoms with E-state index in [0.717, 1.165) is 6.07 Å². The summed E-state index contributed by atoms with van der Waals surface area (Å²) in [7, 11) is 0. The summed E-state index contributed by atoms with van der Waals surface area (Å²) < 4.78 is 10.1. The van der Waals surface area contributed by atoms with Crippen LogP contribution in [0.3, 0.4) is 0 Å². The van der Waals surface area contributed by atoms with Crippen LogP contribution in [0.1, 0.15) is 10.4 Å². The first-order valence-electron chi connectivity index (χ1n) is 6.82. The van der Waals surface area contributed by atoms with Gasteiger partial charge in [-0.2, -0.15) is 0 Å². The van der Waals surface area contributed by atoms with Gasteiger partial charge in [0, 0.05) is 6.07 Å². The molecule has 9 heteroatoms. The number of ether oxygens (including phenoxy) is 2. The third kappa shape index (κ3) is 3.78. The fourth-order valence-corrected chi connectivity index (χ4v) is 2.20. The van der Waals surface area contributed by atoms with Crippen LogP contribution in [-0.4, -0.2) is 80.3 Å². The van der Waals surface area contributed by atoms with Gasteiger partial charge in [-0.15, -0.1) is 0 Å². The fourth-order valence-electron chi connectivity index (χ4n) is 2.20. The molecule has 128 valence electrons. The molecule has 0 spiro atoms. The predicted octanol–water partition coefficient (Wildman–Crippen LogP) is -1.90. The Labute approximate surface area is 130 Å². The molecule has 0 aromatic heterocycles. The molecule has 1 aliphatic rings. The summed E-state index contributed by atoms with van der Waals surface area (Å²) in [4.78, 5) is 12.0. The Morgan fingerprint density at radius 3 is 2.43 bits per heavy atom. The SMILES string of the molecule is O=C(CO[C@@H]1O[C@H](CO)[C@@H](O)[C@H](O)[C@H]1O)c1ccc(O)cc1O. The highest BCUT2D eigenvalue weighted by Crippen LogP contribution is 2.25. The molecule has 0 radical (unpaired) electrons. The Morgan fingerprint density at radius 1 is 1.13 bits per heavy atom. The maximum absolute atomic E-state index is 12.0. The molecule has 1 aliphatic heterocycles. The highest BCUT2D eigenvalue weighted by atomic mass is 16.7. The third-order valence-electron chi connectivity index (χ3n) is 3.51. The van der Waals surface area contributed by atoms with Crippen molar-refractivity contribution in [3.05, 3.63) is 23.8 Å². The Hall–Kier alpha value is -1.75. The summed E-state index contributed by atoms with van der Waals surface area (Å²) in [5.41, 5.74) is -0.104. The number of phenolic OH excluding ortho intramolecular Hbond substituents is 2. The summed E-state index contributed by atoms with van der Waals surface area (Å²) >= 11 is 0. The van der Waals surface area contributed by atoms with Crippen molar-refractivity contribution in [1.82, 2.24) is 0 Å². The van der Waals surface area contributed by atoms with Crippen molar-refractivity contribution >= 4 is 5.78 Å². The first-order valence-corrected chi connectivity index (χ1v) is 6.82. The molecule has 0 saturated carbocycles. The van der Waals surface area contributed by atoms with Crippen molar-refractivity contribution in [2.75, 3.05) is 13.2 Å². The first kappa shape index (κ1) is 17.6. The van der Waals surface area contributed by atoms with Crippen LogP contribution in [0.5, 0.6) is 11.5 Å². The van der Waals surface area contributed by atoms with Gasteiger partial charge in [0.15, 0.2) is 12.1 Å². The van der Waals surface area contributed by atoms with E-state index < -0.39 is 55.5 Å². The quantitative estimate of drug-likeness (QED) is 0.339. The number of aromatic hydroxyl groups is 2. The molecule has 1 aromatic carbocycles. The molecular weight excluding hydrogens is 312 g/mol. The molecule has 1 heterocycles. The Balaban J connectivity index is 2.00. The second-order valence-corrected chi connectivity index (χ2v) is 5.13. The van der Waals surface area contributed by atoms with Gasteiger partial charge in [-0.1, -0.05) is 0 Å². The van der Waals surface area contributed by atoms with Gasteiger partial charge in [0.1, 0.15) is 42.5 Å². The lowest BCUT2D eigenvalue weighted by Gasteiger charge is -2.39. The molecule has 0 aliphatic carbocycles. The standard InChI is InChI=1S/C14H18O9/c15-4-10-11(19)12(20)13(21)14(23-10)22-5-9(18)7-2-1-6(16)3-8(7)17/h1-3,10-17,19-21H,4-5H2/t10-,11-,12+,13-,14-/m1/s1. The number of benzene rings is 1. The summed E-state index contributed by atoms with van der Waals surface area (Å²) in [5.74, 6) is -1.30. The number of aliphatic hydroxyl groups is 4. The van der Waals surface area contributed by atoms with Gasteiger partial charge in [-0.3, -0.25) is 4.79 Å². The molecule has 23 heavy (non-hydrogen) atoms. The zero-order valence-corrected chi connectivity index (χ0v) is 11.9. The lowest BCUT2D eigenvalue weighted by atomic mass is 9.99. The first-order chi connectivity index (χ1) is 10.8. The van der Waals surface area contributed by atoms with E-state index in [4.69, 9.17) is 19.7 Å². The van der Waals surface area contributed by atoms with E-state index in [9.17, 15) is 25.2 Å². The summed E-state index contributed by atoms with van der Waals surface area (Å²) in [6.07, 6.45) is -7.33. The van der Waals surface area contributed by atoms with Crippen LogP contribution in [0.25, 0.3) is 0 Å². The van der Waals surface area contributed by atoms with Gasteiger partial charge in [0.05, 0.1) is 12.2 Å². The number of phenols is 2. The number of ketones is 1. The Kier molecular flexibility index (Phi) is 5.52.